The number of sulfonamides is 1. The molecule has 0 aromatic carbocycles. The number of rotatable bonds is 5. The van der Waals surface area contributed by atoms with Gasteiger partial charge in [-0.1, -0.05) is 0 Å². The SMILES string of the molecule is CCNc1ccc(S(=O)(=O)NC2CCOCC2)cn1. The molecule has 0 radical (unpaired) electrons. The van der Waals surface area contributed by atoms with Crippen LogP contribution in [0.4, 0.5) is 5.82 Å². The van der Waals surface area contributed by atoms with Crippen LogP contribution in [-0.2, 0) is 14.8 Å². The monoisotopic (exact) mass is 285 g/mol. The lowest BCUT2D eigenvalue weighted by molar-refractivity contribution is 0.0832. The minimum atomic E-state index is -3.49. The molecule has 1 aromatic rings. The Bertz CT molecular complexity index is 495. The smallest absolute Gasteiger partial charge is 0.242 e. The van der Waals surface area contributed by atoms with Crippen molar-refractivity contribution >= 4 is 15.8 Å². The third-order valence-electron chi connectivity index (χ3n) is 2.95. The summed E-state index contributed by atoms with van der Waals surface area (Å²) in [7, 11) is -3.49. The molecule has 1 saturated heterocycles. The van der Waals surface area contributed by atoms with Crippen LogP contribution in [0.2, 0.25) is 0 Å². The molecular formula is C12H19N3O3S. The van der Waals surface area contributed by atoms with Gasteiger partial charge in [0.15, 0.2) is 0 Å². The van der Waals surface area contributed by atoms with Gasteiger partial charge in [0.1, 0.15) is 10.7 Å². The van der Waals surface area contributed by atoms with Crippen LogP contribution in [0.25, 0.3) is 0 Å². The summed E-state index contributed by atoms with van der Waals surface area (Å²) in [5.74, 6) is 0.674. The second-order valence-electron chi connectivity index (χ2n) is 4.42. The normalized spacial score (nSPS) is 17.3. The lowest BCUT2D eigenvalue weighted by Crippen LogP contribution is -2.38. The van der Waals surface area contributed by atoms with Crippen molar-refractivity contribution in [2.45, 2.75) is 30.7 Å². The molecule has 0 saturated carbocycles. The summed E-state index contributed by atoms with van der Waals surface area (Å²) in [4.78, 5) is 4.27. The standard InChI is InChI=1S/C12H19N3O3S/c1-2-13-12-4-3-11(9-14-12)19(16,17)15-10-5-7-18-8-6-10/h3-4,9-10,15H,2,5-8H2,1H3,(H,13,14). The van der Waals surface area contributed by atoms with Crippen LogP contribution in [-0.4, -0.2) is 39.2 Å². The second kappa shape index (κ2) is 6.31. The molecule has 1 aliphatic rings. The Morgan fingerprint density at radius 3 is 2.68 bits per heavy atom. The van der Waals surface area contributed by atoms with Crippen LogP contribution in [0.3, 0.4) is 0 Å². The molecule has 0 unspecified atom stereocenters. The summed E-state index contributed by atoms with van der Waals surface area (Å²) < 4.78 is 32.2. The second-order valence-corrected chi connectivity index (χ2v) is 6.13. The quantitative estimate of drug-likeness (QED) is 0.842. The summed E-state index contributed by atoms with van der Waals surface area (Å²) in [6.07, 6.45) is 2.80. The number of anilines is 1. The summed E-state index contributed by atoms with van der Waals surface area (Å²) in [5.41, 5.74) is 0. The van der Waals surface area contributed by atoms with Gasteiger partial charge in [0.05, 0.1) is 0 Å². The largest absolute Gasteiger partial charge is 0.381 e. The average Bonchev–Trinajstić information content (AvgIpc) is 2.40. The number of hydrogen-bond donors (Lipinski definition) is 2. The van der Waals surface area contributed by atoms with Crippen LogP contribution in [0.15, 0.2) is 23.2 Å². The average molecular weight is 285 g/mol. The molecule has 106 valence electrons. The Morgan fingerprint density at radius 2 is 2.11 bits per heavy atom. The predicted molar refractivity (Wildman–Crippen MR) is 72.6 cm³/mol. The Hall–Kier alpha value is -1.18. The van der Waals surface area contributed by atoms with E-state index in [1.165, 1.54) is 6.20 Å². The lowest BCUT2D eigenvalue weighted by Gasteiger charge is -2.22. The van der Waals surface area contributed by atoms with Gasteiger partial charge in [0.25, 0.3) is 0 Å². The highest BCUT2D eigenvalue weighted by Gasteiger charge is 2.22. The van der Waals surface area contributed by atoms with Crippen LogP contribution >= 0.6 is 0 Å². The molecule has 1 aliphatic heterocycles. The zero-order valence-corrected chi connectivity index (χ0v) is 11.7. The summed E-state index contributed by atoms with van der Waals surface area (Å²) in [5, 5.41) is 3.02. The van der Waals surface area contributed by atoms with E-state index < -0.39 is 10.0 Å². The Kier molecular flexibility index (Phi) is 4.73. The van der Waals surface area contributed by atoms with Crippen molar-refractivity contribution in [1.29, 1.82) is 0 Å². The topological polar surface area (TPSA) is 80.3 Å². The molecule has 0 bridgehead atoms. The van der Waals surface area contributed by atoms with Gasteiger partial charge in [-0.05, 0) is 31.9 Å². The van der Waals surface area contributed by atoms with E-state index in [0.717, 1.165) is 6.54 Å². The third-order valence-corrected chi connectivity index (χ3v) is 4.45. The van der Waals surface area contributed by atoms with Gasteiger partial charge in [0.2, 0.25) is 10.0 Å². The maximum absolute atomic E-state index is 12.2. The number of pyridine rings is 1. The van der Waals surface area contributed by atoms with Crippen LogP contribution in [0.5, 0.6) is 0 Å². The fraction of sp³-hybridized carbons (Fsp3) is 0.583. The fourth-order valence-electron chi connectivity index (χ4n) is 1.93. The first kappa shape index (κ1) is 14.2. The van der Waals surface area contributed by atoms with Crippen molar-refractivity contribution in [2.75, 3.05) is 25.1 Å². The highest BCUT2D eigenvalue weighted by atomic mass is 32.2. The van der Waals surface area contributed by atoms with Gasteiger partial charge < -0.3 is 10.1 Å². The number of nitrogens with one attached hydrogen (secondary N) is 2. The van der Waals surface area contributed by atoms with E-state index in [2.05, 4.69) is 15.0 Å². The van der Waals surface area contributed by atoms with Crippen LogP contribution in [0.1, 0.15) is 19.8 Å². The zero-order valence-electron chi connectivity index (χ0n) is 10.9. The van der Waals surface area contributed by atoms with E-state index in [9.17, 15) is 8.42 Å². The third kappa shape index (κ3) is 3.89. The summed E-state index contributed by atoms with van der Waals surface area (Å²) >= 11 is 0. The lowest BCUT2D eigenvalue weighted by atomic mass is 10.1. The molecule has 0 spiro atoms. The summed E-state index contributed by atoms with van der Waals surface area (Å²) in [6.45, 7) is 3.91. The highest BCUT2D eigenvalue weighted by molar-refractivity contribution is 7.89. The molecule has 2 rings (SSSR count). The van der Waals surface area contributed by atoms with Crippen LogP contribution in [0, 0.1) is 0 Å². The van der Waals surface area contributed by atoms with E-state index in [0.29, 0.717) is 31.9 Å². The van der Waals surface area contributed by atoms with Gasteiger partial charge in [-0.15, -0.1) is 0 Å². The van der Waals surface area contributed by atoms with Crippen molar-refractivity contribution < 1.29 is 13.2 Å². The molecule has 1 fully saturated rings. The van der Waals surface area contributed by atoms with Crippen LogP contribution < -0.4 is 10.0 Å². The molecule has 6 nitrogen and oxygen atoms in total. The molecule has 0 atom stereocenters. The van der Waals surface area contributed by atoms with Gasteiger partial charge in [-0.2, -0.15) is 0 Å². The molecule has 1 aromatic heterocycles. The first-order valence-corrected chi connectivity index (χ1v) is 7.90. The number of hydrogen-bond acceptors (Lipinski definition) is 5. The Balaban J connectivity index is 2.05. The molecule has 2 N–H and O–H groups in total. The van der Waals surface area contributed by atoms with Gasteiger partial charge >= 0.3 is 0 Å². The summed E-state index contributed by atoms with van der Waals surface area (Å²) in [6, 6.07) is 3.18. The van der Waals surface area contributed by atoms with Crippen molar-refractivity contribution in [3.63, 3.8) is 0 Å². The minimum absolute atomic E-state index is 0.0489. The minimum Gasteiger partial charge on any atom is -0.381 e. The van der Waals surface area contributed by atoms with E-state index in [1.807, 2.05) is 6.92 Å². The molecule has 0 aliphatic carbocycles. The Labute approximate surface area is 113 Å². The van der Waals surface area contributed by atoms with Crippen molar-refractivity contribution in [2.24, 2.45) is 0 Å². The number of aromatic nitrogens is 1. The first-order chi connectivity index (χ1) is 9.12. The molecule has 0 amide bonds. The molecule has 7 heteroatoms. The van der Waals surface area contributed by atoms with Gasteiger partial charge in [0, 0.05) is 32.0 Å². The van der Waals surface area contributed by atoms with E-state index in [4.69, 9.17) is 4.74 Å². The zero-order chi connectivity index (χ0) is 13.7. The van der Waals surface area contributed by atoms with Crippen molar-refractivity contribution in [3.05, 3.63) is 18.3 Å². The Morgan fingerprint density at radius 1 is 1.37 bits per heavy atom. The fourth-order valence-corrected chi connectivity index (χ4v) is 3.18. The van der Waals surface area contributed by atoms with Crippen molar-refractivity contribution in [3.8, 4) is 0 Å². The van der Waals surface area contributed by atoms with E-state index in [-0.39, 0.29) is 10.9 Å². The van der Waals surface area contributed by atoms with Gasteiger partial charge in [-0.25, -0.2) is 18.1 Å². The molecular weight excluding hydrogens is 266 g/mol. The highest BCUT2D eigenvalue weighted by Crippen LogP contribution is 2.14. The van der Waals surface area contributed by atoms with Gasteiger partial charge in [-0.3, -0.25) is 0 Å². The maximum Gasteiger partial charge on any atom is 0.242 e. The molecule has 2 heterocycles. The molecule has 19 heavy (non-hydrogen) atoms. The number of ether oxygens (including phenoxy) is 1. The van der Waals surface area contributed by atoms with E-state index >= 15 is 0 Å². The van der Waals surface area contributed by atoms with E-state index in [1.54, 1.807) is 12.1 Å². The predicted octanol–water partition coefficient (Wildman–Crippen LogP) is 0.971. The number of nitrogens with zero attached hydrogens (tertiary/aromatic N) is 1. The van der Waals surface area contributed by atoms with Crippen molar-refractivity contribution in [1.82, 2.24) is 9.71 Å². The maximum atomic E-state index is 12.2. The first-order valence-electron chi connectivity index (χ1n) is 6.42.